The maximum absolute atomic E-state index is 2.34. The van der Waals surface area contributed by atoms with Crippen LogP contribution in [0.5, 0.6) is 0 Å². The maximum atomic E-state index is 2.34. The molecular formula is C17H21S+. The third-order valence-electron chi connectivity index (χ3n) is 3.06. The van der Waals surface area contributed by atoms with Crippen LogP contribution in [0.1, 0.15) is 25.0 Å². The summed E-state index contributed by atoms with van der Waals surface area (Å²) in [6.45, 7) is 4.68. The Kier molecular flexibility index (Phi) is 4.89. The first-order chi connectivity index (χ1) is 8.75. The molecule has 0 saturated heterocycles. The van der Waals surface area contributed by atoms with Crippen LogP contribution in [-0.4, -0.2) is 5.25 Å². The van der Waals surface area contributed by atoms with E-state index in [1.165, 1.54) is 22.6 Å². The Labute approximate surface area is 113 Å². The van der Waals surface area contributed by atoms with Gasteiger partial charge >= 0.3 is 0 Å². The second-order valence-corrected chi connectivity index (χ2v) is 7.44. The largest absolute Gasteiger partial charge is 0.133 e. The van der Waals surface area contributed by atoms with Crippen LogP contribution in [0.3, 0.4) is 0 Å². The highest BCUT2D eigenvalue weighted by Gasteiger charge is 2.23. The standard InChI is InChI=1S/C17H21S/c1-15(2)18(13-16-9-5-3-6-10-16)14-17-11-7-4-8-12-17/h3-12,15H,13-14H2,1-2H3/q+1. The van der Waals surface area contributed by atoms with Crippen molar-refractivity contribution in [2.24, 2.45) is 0 Å². The number of hydrogen-bond acceptors (Lipinski definition) is 0. The van der Waals surface area contributed by atoms with E-state index >= 15 is 0 Å². The van der Waals surface area contributed by atoms with Gasteiger partial charge in [0, 0.05) is 11.1 Å². The fourth-order valence-electron chi connectivity index (χ4n) is 1.96. The van der Waals surface area contributed by atoms with Gasteiger partial charge in [0.1, 0.15) is 16.8 Å². The Morgan fingerprint density at radius 3 is 1.44 bits per heavy atom. The van der Waals surface area contributed by atoms with Crippen molar-refractivity contribution in [3.63, 3.8) is 0 Å². The predicted molar refractivity (Wildman–Crippen MR) is 82.8 cm³/mol. The fraction of sp³-hybridized carbons (Fsp3) is 0.294. The monoisotopic (exact) mass is 257 g/mol. The fourth-order valence-corrected chi connectivity index (χ4v) is 3.97. The number of hydrogen-bond donors (Lipinski definition) is 0. The molecule has 0 radical (unpaired) electrons. The van der Waals surface area contributed by atoms with E-state index in [1.807, 2.05) is 0 Å². The Hall–Kier alpha value is -1.21. The Bertz CT molecular complexity index is 406. The molecule has 0 unspecified atom stereocenters. The normalized spacial score (nSPS) is 11.1. The van der Waals surface area contributed by atoms with Crippen molar-refractivity contribution in [1.29, 1.82) is 0 Å². The summed E-state index contributed by atoms with van der Waals surface area (Å²) in [5.74, 6) is 2.40. The molecule has 94 valence electrons. The van der Waals surface area contributed by atoms with E-state index in [0.717, 1.165) is 5.25 Å². The van der Waals surface area contributed by atoms with E-state index in [4.69, 9.17) is 0 Å². The van der Waals surface area contributed by atoms with Crippen molar-refractivity contribution >= 4 is 10.9 Å². The molecule has 2 aromatic rings. The van der Waals surface area contributed by atoms with Gasteiger partial charge in [-0.15, -0.1) is 0 Å². The van der Waals surface area contributed by atoms with Crippen LogP contribution in [0, 0.1) is 0 Å². The summed E-state index contributed by atoms with van der Waals surface area (Å²) >= 11 is 0. The van der Waals surface area contributed by atoms with Crippen molar-refractivity contribution in [2.45, 2.75) is 30.6 Å². The predicted octanol–water partition coefficient (Wildman–Crippen LogP) is 4.41. The first-order valence-electron chi connectivity index (χ1n) is 6.50. The lowest BCUT2D eigenvalue weighted by molar-refractivity contribution is 1.08. The number of benzene rings is 2. The highest BCUT2D eigenvalue weighted by Crippen LogP contribution is 2.19. The average molecular weight is 257 g/mol. The van der Waals surface area contributed by atoms with Crippen LogP contribution in [0.4, 0.5) is 0 Å². The smallest absolute Gasteiger partial charge is 0.0622 e. The summed E-state index contributed by atoms with van der Waals surface area (Å²) in [4.78, 5) is 0. The lowest BCUT2D eigenvalue weighted by Gasteiger charge is -2.12. The minimum atomic E-state index is 0.422. The van der Waals surface area contributed by atoms with E-state index in [2.05, 4.69) is 74.5 Å². The van der Waals surface area contributed by atoms with E-state index in [0.29, 0.717) is 10.9 Å². The van der Waals surface area contributed by atoms with Gasteiger partial charge in [-0.25, -0.2) is 0 Å². The third-order valence-corrected chi connectivity index (χ3v) is 5.80. The zero-order valence-corrected chi connectivity index (χ0v) is 12.0. The zero-order valence-electron chi connectivity index (χ0n) is 11.2. The van der Waals surface area contributed by atoms with Gasteiger partial charge in [-0.1, -0.05) is 60.7 Å². The summed E-state index contributed by atoms with van der Waals surface area (Å²) in [5, 5.41) is 0.741. The van der Waals surface area contributed by atoms with E-state index in [9.17, 15) is 0 Å². The van der Waals surface area contributed by atoms with Gasteiger partial charge in [0.15, 0.2) is 0 Å². The second kappa shape index (κ2) is 6.65. The average Bonchev–Trinajstić information content (AvgIpc) is 2.40. The van der Waals surface area contributed by atoms with E-state index in [-0.39, 0.29) is 0 Å². The second-order valence-electron chi connectivity index (χ2n) is 4.85. The molecular weight excluding hydrogens is 236 g/mol. The molecule has 0 nitrogen and oxygen atoms in total. The van der Waals surface area contributed by atoms with Crippen LogP contribution in [0.25, 0.3) is 0 Å². The Morgan fingerprint density at radius 1 is 0.722 bits per heavy atom. The Balaban J connectivity index is 2.05. The summed E-state index contributed by atoms with van der Waals surface area (Å²) in [5.41, 5.74) is 2.93. The van der Waals surface area contributed by atoms with Gasteiger partial charge in [-0.3, -0.25) is 0 Å². The Morgan fingerprint density at radius 2 is 1.11 bits per heavy atom. The SMILES string of the molecule is CC(C)[S+](Cc1ccccc1)Cc1ccccc1. The van der Waals surface area contributed by atoms with Gasteiger partial charge < -0.3 is 0 Å². The topological polar surface area (TPSA) is 0 Å². The minimum absolute atomic E-state index is 0.422. The summed E-state index contributed by atoms with van der Waals surface area (Å²) in [6, 6.07) is 21.7. The molecule has 0 aliphatic carbocycles. The highest BCUT2D eigenvalue weighted by atomic mass is 32.2. The van der Waals surface area contributed by atoms with Crippen molar-refractivity contribution in [1.82, 2.24) is 0 Å². The molecule has 2 aromatic carbocycles. The number of rotatable bonds is 5. The highest BCUT2D eigenvalue weighted by molar-refractivity contribution is 7.95. The van der Waals surface area contributed by atoms with Crippen molar-refractivity contribution in [3.05, 3.63) is 71.8 Å². The molecule has 0 heterocycles. The molecule has 0 aliphatic heterocycles. The van der Waals surface area contributed by atoms with E-state index in [1.54, 1.807) is 0 Å². The first kappa shape index (κ1) is 13.2. The van der Waals surface area contributed by atoms with Crippen molar-refractivity contribution in [3.8, 4) is 0 Å². The van der Waals surface area contributed by atoms with Crippen LogP contribution >= 0.6 is 0 Å². The lowest BCUT2D eigenvalue weighted by atomic mass is 10.2. The molecule has 0 aliphatic rings. The molecule has 0 spiro atoms. The molecule has 1 heteroatoms. The van der Waals surface area contributed by atoms with Gasteiger partial charge in [0.25, 0.3) is 0 Å². The molecule has 0 amide bonds. The van der Waals surface area contributed by atoms with Crippen molar-refractivity contribution in [2.75, 3.05) is 0 Å². The van der Waals surface area contributed by atoms with Gasteiger partial charge in [-0.2, -0.15) is 0 Å². The quantitative estimate of drug-likeness (QED) is 0.696. The van der Waals surface area contributed by atoms with Gasteiger partial charge in [0.05, 0.1) is 0 Å². The molecule has 2 rings (SSSR count). The molecule has 0 saturated carbocycles. The maximum Gasteiger partial charge on any atom is 0.133 e. The summed E-state index contributed by atoms with van der Waals surface area (Å²) < 4.78 is 0. The summed E-state index contributed by atoms with van der Waals surface area (Å²) in [6.07, 6.45) is 0. The van der Waals surface area contributed by atoms with Crippen LogP contribution in [0.15, 0.2) is 60.7 Å². The van der Waals surface area contributed by atoms with Crippen LogP contribution in [-0.2, 0) is 22.4 Å². The molecule has 18 heavy (non-hydrogen) atoms. The molecule has 0 atom stereocenters. The van der Waals surface area contributed by atoms with Crippen molar-refractivity contribution < 1.29 is 0 Å². The van der Waals surface area contributed by atoms with Gasteiger partial charge in [-0.05, 0) is 24.7 Å². The summed E-state index contributed by atoms with van der Waals surface area (Å²) in [7, 11) is 0.422. The lowest BCUT2D eigenvalue weighted by Crippen LogP contribution is -2.19. The molecule has 0 fully saturated rings. The third kappa shape index (κ3) is 3.92. The van der Waals surface area contributed by atoms with E-state index < -0.39 is 0 Å². The van der Waals surface area contributed by atoms with Gasteiger partial charge in [0.2, 0.25) is 0 Å². The minimum Gasteiger partial charge on any atom is -0.0622 e. The zero-order chi connectivity index (χ0) is 12.8. The molecule has 0 N–H and O–H groups in total. The first-order valence-corrected chi connectivity index (χ1v) is 8.12. The molecule has 0 bridgehead atoms. The van der Waals surface area contributed by atoms with Crippen LogP contribution in [0.2, 0.25) is 0 Å². The van der Waals surface area contributed by atoms with Crippen LogP contribution < -0.4 is 0 Å². The molecule has 0 aromatic heterocycles.